The zero-order chi connectivity index (χ0) is 15.7. The van der Waals surface area contributed by atoms with Gasteiger partial charge >= 0.3 is 0 Å². The topological polar surface area (TPSA) is 78.1 Å². The summed E-state index contributed by atoms with van der Waals surface area (Å²) in [5.41, 5.74) is 0.929. The van der Waals surface area contributed by atoms with E-state index in [9.17, 15) is 4.79 Å². The number of hydrogen-bond donors (Lipinski definition) is 1. The fraction of sp³-hybridized carbons (Fsp3) is 0.200. The molecule has 22 heavy (non-hydrogen) atoms. The first kappa shape index (κ1) is 14.5. The summed E-state index contributed by atoms with van der Waals surface area (Å²) in [6.45, 7) is 1.97. The first-order valence-electron chi connectivity index (χ1n) is 6.76. The van der Waals surface area contributed by atoms with Gasteiger partial charge in [0.2, 0.25) is 5.17 Å². The maximum Gasteiger partial charge on any atom is 0.283 e. The molecule has 0 aliphatic carbocycles. The molecule has 1 N–H and O–H groups in total. The number of nitrogens with zero attached hydrogens (tertiary/aromatic N) is 3. The molecule has 2 aliphatic heterocycles. The van der Waals surface area contributed by atoms with Crippen molar-refractivity contribution in [3.8, 4) is 5.75 Å². The number of fused-ring (bicyclic) bond motifs is 1. The van der Waals surface area contributed by atoms with Gasteiger partial charge in [0, 0.05) is 5.56 Å². The van der Waals surface area contributed by atoms with Crippen molar-refractivity contribution in [2.24, 2.45) is 10.1 Å². The molecule has 0 aromatic heterocycles. The van der Waals surface area contributed by atoms with Crippen LogP contribution in [0.15, 0.2) is 39.9 Å². The van der Waals surface area contributed by atoms with Gasteiger partial charge < -0.3 is 4.74 Å². The Hall–Kier alpha value is -2.41. The Morgan fingerprint density at radius 3 is 2.91 bits per heavy atom. The highest BCUT2D eigenvalue weighted by Gasteiger charge is 2.35. The van der Waals surface area contributed by atoms with Crippen molar-refractivity contribution in [3.05, 3.63) is 35.4 Å². The van der Waals surface area contributed by atoms with Crippen LogP contribution in [0.5, 0.6) is 5.75 Å². The normalized spacial score (nSPS) is 19.2. The van der Waals surface area contributed by atoms with Gasteiger partial charge in [-0.05, 0) is 30.3 Å². The molecule has 1 aromatic rings. The first-order valence-corrected chi connectivity index (χ1v) is 7.57. The molecule has 0 spiro atoms. The van der Waals surface area contributed by atoms with Gasteiger partial charge in [-0.3, -0.25) is 10.2 Å². The second-order valence-electron chi connectivity index (χ2n) is 4.61. The van der Waals surface area contributed by atoms with Crippen LogP contribution in [0.3, 0.4) is 0 Å². The van der Waals surface area contributed by atoms with E-state index in [-0.39, 0.29) is 11.4 Å². The first-order chi connectivity index (χ1) is 10.6. The highest BCUT2D eigenvalue weighted by Crippen LogP contribution is 2.30. The number of amidine groups is 2. The molecule has 6 nitrogen and oxygen atoms in total. The number of methoxy groups -OCH3 is 1. The number of ether oxygens (including phenoxy) is 1. The number of carbonyl (C=O) groups excluding carboxylic acids is 1. The summed E-state index contributed by atoms with van der Waals surface area (Å²) in [5.74, 6) is 0.248. The molecule has 1 amide bonds. The number of carbonyl (C=O) groups is 1. The number of rotatable bonds is 3. The van der Waals surface area contributed by atoms with E-state index in [4.69, 9.17) is 10.1 Å². The van der Waals surface area contributed by atoms with E-state index >= 15 is 0 Å². The number of thioether (sulfide) groups is 1. The van der Waals surface area contributed by atoms with Gasteiger partial charge in [-0.15, -0.1) is 0 Å². The van der Waals surface area contributed by atoms with E-state index in [0.717, 1.165) is 17.0 Å². The third-order valence-corrected chi connectivity index (χ3v) is 4.29. The van der Waals surface area contributed by atoms with Crippen molar-refractivity contribution in [1.82, 2.24) is 5.01 Å². The average molecular weight is 314 g/mol. The Labute approximate surface area is 132 Å². The fourth-order valence-corrected chi connectivity index (χ4v) is 2.94. The molecule has 2 aliphatic rings. The van der Waals surface area contributed by atoms with E-state index in [2.05, 4.69) is 10.1 Å². The van der Waals surface area contributed by atoms with E-state index < -0.39 is 5.91 Å². The minimum absolute atomic E-state index is 0.0388. The van der Waals surface area contributed by atoms with E-state index in [1.807, 2.05) is 25.1 Å². The zero-order valence-electron chi connectivity index (χ0n) is 12.2. The summed E-state index contributed by atoms with van der Waals surface area (Å²) in [5, 5.41) is 15.3. The lowest BCUT2D eigenvalue weighted by atomic mass is 10.1. The van der Waals surface area contributed by atoms with Gasteiger partial charge in [-0.25, -0.2) is 0 Å². The Bertz CT molecular complexity index is 752. The van der Waals surface area contributed by atoms with Gasteiger partial charge in [-0.2, -0.15) is 15.1 Å². The van der Waals surface area contributed by atoms with Crippen LogP contribution in [0.1, 0.15) is 18.9 Å². The van der Waals surface area contributed by atoms with Crippen molar-refractivity contribution in [2.75, 3.05) is 7.11 Å². The fourth-order valence-electron chi connectivity index (χ4n) is 2.12. The smallest absolute Gasteiger partial charge is 0.283 e. The molecular weight excluding hydrogens is 300 g/mol. The second-order valence-corrected chi connectivity index (χ2v) is 5.65. The minimum Gasteiger partial charge on any atom is -0.496 e. The lowest BCUT2D eigenvalue weighted by molar-refractivity contribution is -0.114. The van der Waals surface area contributed by atoms with Crippen LogP contribution in [0, 0.1) is 5.41 Å². The van der Waals surface area contributed by atoms with Gasteiger partial charge in [-0.1, -0.05) is 25.1 Å². The van der Waals surface area contributed by atoms with E-state index in [1.165, 1.54) is 16.8 Å². The Kier molecular flexibility index (Phi) is 3.81. The molecule has 0 bridgehead atoms. The second kappa shape index (κ2) is 5.76. The molecule has 0 radical (unpaired) electrons. The van der Waals surface area contributed by atoms with Gasteiger partial charge in [0.15, 0.2) is 5.84 Å². The minimum atomic E-state index is -0.429. The number of benzene rings is 1. The molecule has 7 heteroatoms. The summed E-state index contributed by atoms with van der Waals surface area (Å²) < 4.78 is 5.27. The highest BCUT2D eigenvalue weighted by atomic mass is 32.2. The third kappa shape index (κ3) is 2.43. The Balaban J connectivity index is 2.02. The Morgan fingerprint density at radius 2 is 2.18 bits per heavy atom. The molecule has 1 aromatic carbocycles. The standard InChI is InChI=1S/C15H14N4O2S/c1-3-12-18-19-13(16)10(14(20)17-15(19)22-12)8-9-6-4-5-7-11(9)21-2/h4-8,16H,3H2,1-2H3/b10-8-,16-13?. The number of hydrogen-bond acceptors (Lipinski definition) is 5. The SMILES string of the molecule is CCC1=NN2C(=N)/C(=C/c3ccccc3OC)C(=O)N=C2S1. The molecule has 0 fully saturated rings. The van der Waals surface area contributed by atoms with E-state index in [0.29, 0.717) is 10.9 Å². The summed E-state index contributed by atoms with van der Waals surface area (Å²) in [4.78, 5) is 16.2. The van der Waals surface area contributed by atoms with Crippen molar-refractivity contribution in [1.29, 1.82) is 5.41 Å². The number of amides is 1. The Morgan fingerprint density at radius 1 is 1.41 bits per heavy atom. The van der Waals surface area contributed by atoms with Crippen LogP contribution in [0.4, 0.5) is 0 Å². The average Bonchev–Trinajstić information content (AvgIpc) is 2.95. The number of aliphatic imine (C=N–C) groups is 1. The van der Waals surface area contributed by atoms with Crippen molar-refractivity contribution in [3.63, 3.8) is 0 Å². The predicted octanol–water partition coefficient (Wildman–Crippen LogP) is 2.72. The molecular formula is C15H14N4O2S. The van der Waals surface area contributed by atoms with Crippen LogP contribution in [-0.4, -0.2) is 34.1 Å². The molecule has 0 unspecified atom stereocenters. The third-order valence-electron chi connectivity index (χ3n) is 3.24. The summed E-state index contributed by atoms with van der Waals surface area (Å²) in [6.07, 6.45) is 2.36. The van der Waals surface area contributed by atoms with Crippen LogP contribution in [-0.2, 0) is 4.79 Å². The summed E-state index contributed by atoms with van der Waals surface area (Å²) in [6, 6.07) is 7.32. The molecule has 112 valence electrons. The van der Waals surface area contributed by atoms with Crippen LogP contribution in [0.25, 0.3) is 6.08 Å². The molecule has 2 heterocycles. The number of hydrazone groups is 1. The predicted molar refractivity (Wildman–Crippen MR) is 88.3 cm³/mol. The van der Waals surface area contributed by atoms with E-state index in [1.54, 1.807) is 19.3 Å². The number of para-hydroxylation sites is 1. The van der Waals surface area contributed by atoms with Crippen LogP contribution < -0.4 is 4.74 Å². The van der Waals surface area contributed by atoms with Gasteiger partial charge in [0.25, 0.3) is 5.91 Å². The molecule has 3 rings (SSSR count). The number of nitrogens with one attached hydrogen (secondary N) is 1. The monoisotopic (exact) mass is 314 g/mol. The maximum absolute atomic E-state index is 12.2. The molecule has 0 saturated heterocycles. The molecule has 0 atom stereocenters. The van der Waals surface area contributed by atoms with Crippen molar-refractivity contribution < 1.29 is 9.53 Å². The van der Waals surface area contributed by atoms with Crippen LogP contribution in [0.2, 0.25) is 0 Å². The van der Waals surface area contributed by atoms with Gasteiger partial charge in [0.05, 0.1) is 12.7 Å². The highest BCUT2D eigenvalue weighted by molar-refractivity contribution is 8.26. The van der Waals surface area contributed by atoms with Crippen molar-refractivity contribution in [2.45, 2.75) is 13.3 Å². The van der Waals surface area contributed by atoms with Gasteiger partial charge in [0.1, 0.15) is 10.8 Å². The quantitative estimate of drug-likeness (QED) is 0.870. The molecule has 0 saturated carbocycles. The lowest BCUT2D eigenvalue weighted by Gasteiger charge is -2.20. The largest absolute Gasteiger partial charge is 0.496 e. The maximum atomic E-state index is 12.2. The summed E-state index contributed by atoms with van der Waals surface area (Å²) in [7, 11) is 1.57. The van der Waals surface area contributed by atoms with Crippen molar-refractivity contribution >= 4 is 39.8 Å². The summed E-state index contributed by atoms with van der Waals surface area (Å²) >= 11 is 1.33. The lowest BCUT2D eigenvalue weighted by Crippen LogP contribution is -2.35. The zero-order valence-corrected chi connectivity index (χ0v) is 13.0. The van der Waals surface area contributed by atoms with Crippen LogP contribution >= 0.6 is 11.8 Å².